The van der Waals surface area contributed by atoms with Gasteiger partial charge in [0.15, 0.2) is 5.78 Å². The van der Waals surface area contributed by atoms with E-state index < -0.39 is 5.97 Å². The highest BCUT2D eigenvalue weighted by molar-refractivity contribution is 6.04. The Morgan fingerprint density at radius 3 is 2.41 bits per heavy atom. The molecule has 0 aliphatic rings. The number of hydrogen-bond acceptors (Lipinski definition) is 4. The number of hydrogen-bond donors (Lipinski definition) is 2. The van der Waals surface area contributed by atoms with Crippen LogP contribution in [0.4, 0.5) is 5.69 Å². The average molecular weight is 297 g/mol. The topological polar surface area (TPSA) is 75.6 Å². The van der Waals surface area contributed by atoms with Gasteiger partial charge in [0, 0.05) is 17.8 Å². The van der Waals surface area contributed by atoms with Gasteiger partial charge in [-0.2, -0.15) is 0 Å². The van der Waals surface area contributed by atoms with Gasteiger partial charge in [0.05, 0.1) is 18.4 Å². The number of carbonyl (C=O) groups is 2. The number of allylic oxidation sites excluding steroid dienone is 1. The lowest BCUT2D eigenvalue weighted by Gasteiger charge is -2.04. The number of ketones is 1. The Hall–Kier alpha value is -3.08. The number of methoxy groups -OCH3 is 1. The first-order valence-electron chi connectivity index (χ1n) is 6.55. The van der Waals surface area contributed by atoms with Gasteiger partial charge in [-0.25, -0.2) is 4.79 Å². The van der Waals surface area contributed by atoms with Crippen LogP contribution >= 0.6 is 0 Å². The van der Waals surface area contributed by atoms with Gasteiger partial charge in [-0.3, -0.25) is 4.79 Å². The average Bonchev–Trinajstić information content (AvgIpc) is 2.55. The van der Waals surface area contributed by atoms with Crippen molar-refractivity contribution < 1.29 is 19.4 Å². The number of nitrogens with one attached hydrogen (secondary N) is 1. The van der Waals surface area contributed by atoms with Gasteiger partial charge in [0.2, 0.25) is 0 Å². The first kappa shape index (κ1) is 15.3. The second-order valence-corrected chi connectivity index (χ2v) is 4.42. The molecule has 2 aromatic rings. The molecular formula is C17H15NO4. The molecule has 0 aromatic heterocycles. The maximum absolute atomic E-state index is 12.0. The molecule has 0 saturated carbocycles. The van der Waals surface area contributed by atoms with E-state index in [4.69, 9.17) is 9.84 Å². The number of carboxylic acids is 1. The lowest BCUT2D eigenvalue weighted by Crippen LogP contribution is -2.02. The van der Waals surface area contributed by atoms with Crippen molar-refractivity contribution in [1.29, 1.82) is 0 Å². The van der Waals surface area contributed by atoms with E-state index in [0.29, 0.717) is 17.0 Å². The number of para-hydroxylation sites is 1. The fourth-order valence-corrected chi connectivity index (χ4v) is 1.85. The third-order valence-electron chi connectivity index (χ3n) is 3.01. The fourth-order valence-electron chi connectivity index (χ4n) is 1.85. The van der Waals surface area contributed by atoms with E-state index in [2.05, 4.69) is 5.32 Å². The molecule has 0 saturated heterocycles. The van der Waals surface area contributed by atoms with Crippen LogP contribution in [0.3, 0.4) is 0 Å². The van der Waals surface area contributed by atoms with E-state index in [-0.39, 0.29) is 11.3 Å². The van der Waals surface area contributed by atoms with Gasteiger partial charge < -0.3 is 15.2 Å². The number of carboxylic acid groups (broad SMARTS) is 1. The summed E-state index contributed by atoms with van der Waals surface area (Å²) >= 11 is 0. The van der Waals surface area contributed by atoms with Gasteiger partial charge in [0.1, 0.15) is 5.75 Å². The third kappa shape index (κ3) is 3.73. The lowest BCUT2D eigenvalue weighted by atomic mass is 10.1. The van der Waals surface area contributed by atoms with Crippen molar-refractivity contribution in [2.45, 2.75) is 0 Å². The quantitative estimate of drug-likeness (QED) is 0.632. The molecular weight excluding hydrogens is 282 g/mol. The minimum atomic E-state index is -1.03. The summed E-state index contributed by atoms with van der Waals surface area (Å²) in [5, 5.41) is 11.9. The van der Waals surface area contributed by atoms with Gasteiger partial charge >= 0.3 is 5.97 Å². The van der Waals surface area contributed by atoms with Crippen LogP contribution in [0.5, 0.6) is 5.75 Å². The van der Waals surface area contributed by atoms with E-state index >= 15 is 0 Å². The molecule has 0 unspecified atom stereocenters. The van der Waals surface area contributed by atoms with Gasteiger partial charge in [-0.15, -0.1) is 0 Å². The molecule has 112 valence electrons. The van der Waals surface area contributed by atoms with E-state index in [1.165, 1.54) is 18.3 Å². The van der Waals surface area contributed by atoms with Crippen molar-refractivity contribution in [3.63, 3.8) is 0 Å². The molecule has 0 aliphatic heterocycles. The van der Waals surface area contributed by atoms with Crippen LogP contribution in [-0.2, 0) is 0 Å². The number of aromatic carboxylic acids is 1. The molecule has 0 heterocycles. The van der Waals surface area contributed by atoms with Crippen LogP contribution in [0, 0.1) is 0 Å². The summed E-state index contributed by atoms with van der Waals surface area (Å²) in [5.41, 5.74) is 1.09. The summed E-state index contributed by atoms with van der Waals surface area (Å²) in [5.74, 6) is -0.546. The number of benzene rings is 2. The first-order chi connectivity index (χ1) is 10.6. The van der Waals surface area contributed by atoms with Crippen molar-refractivity contribution in [2.24, 2.45) is 0 Å². The van der Waals surface area contributed by atoms with Gasteiger partial charge in [-0.1, -0.05) is 12.1 Å². The summed E-state index contributed by atoms with van der Waals surface area (Å²) in [4.78, 5) is 23.0. The van der Waals surface area contributed by atoms with Crippen molar-refractivity contribution in [3.8, 4) is 5.75 Å². The molecule has 0 amide bonds. The van der Waals surface area contributed by atoms with Crippen molar-refractivity contribution >= 4 is 17.4 Å². The normalized spacial score (nSPS) is 10.4. The standard InChI is InChI=1S/C17H15NO4/c1-22-13-8-6-12(7-9-13)16(19)10-11-18-15-5-3-2-4-14(15)17(20)21/h2-11,18H,1H3,(H,20,21). The van der Waals surface area contributed by atoms with Crippen LogP contribution in [0.25, 0.3) is 0 Å². The monoisotopic (exact) mass is 297 g/mol. The number of anilines is 1. The number of rotatable bonds is 6. The minimum absolute atomic E-state index is 0.143. The highest BCUT2D eigenvalue weighted by Crippen LogP contribution is 2.15. The van der Waals surface area contributed by atoms with Gasteiger partial charge in [0.25, 0.3) is 0 Å². The molecule has 2 aromatic carbocycles. The zero-order valence-corrected chi connectivity index (χ0v) is 11.9. The molecule has 22 heavy (non-hydrogen) atoms. The van der Waals surface area contributed by atoms with E-state index in [0.717, 1.165) is 0 Å². The largest absolute Gasteiger partial charge is 0.497 e. The molecule has 2 rings (SSSR count). The maximum atomic E-state index is 12.0. The Balaban J connectivity index is 2.06. The second-order valence-electron chi connectivity index (χ2n) is 4.42. The predicted octanol–water partition coefficient (Wildman–Crippen LogP) is 3.20. The Morgan fingerprint density at radius 2 is 1.77 bits per heavy atom. The SMILES string of the molecule is COc1ccc(C(=O)C=CNc2ccccc2C(=O)O)cc1. The smallest absolute Gasteiger partial charge is 0.337 e. The van der Waals surface area contributed by atoms with E-state index in [1.807, 2.05) is 0 Å². The molecule has 0 fully saturated rings. The number of carbonyl (C=O) groups excluding carboxylic acids is 1. The molecule has 5 nitrogen and oxygen atoms in total. The van der Waals surface area contributed by atoms with Gasteiger partial charge in [-0.05, 0) is 36.4 Å². The zero-order valence-electron chi connectivity index (χ0n) is 11.9. The highest BCUT2D eigenvalue weighted by atomic mass is 16.5. The summed E-state index contributed by atoms with van der Waals surface area (Å²) < 4.78 is 5.03. The van der Waals surface area contributed by atoms with E-state index in [1.54, 1.807) is 49.6 Å². The molecule has 0 radical (unpaired) electrons. The molecule has 0 aliphatic carbocycles. The maximum Gasteiger partial charge on any atom is 0.337 e. The van der Waals surface area contributed by atoms with Crippen molar-refractivity contribution in [2.75, 3.05) is 12.4 Å². The summed E-state index contributed by atoms with van der Waals surface area (Å²) in [6, 6.07) is 13.2. The predicted molar refractivity (Wildman–Crippen MR) is 83.5 cm³/mol. The van der Waals surface area contributed by atoms with Crippen LogP contribution in [0.1, 0.15) is 20.7 Å². The Labute approximate surface area is 127 Å². The van der Waals surface area contributed by atoms with Crippen LogP contribution < -0.4 is 10.1 Å². The fraction of sp³-hybridized carbons (Fsp3) is 0.0588. The lowest BCUT2D eigenvalue weighted by molar-refractivity contribution is 0.0698. The molecule has 0 atom stereocenters. The highest BCUT2D eigenvalue weighted by Gasteiger charge is 2.07. The number of ether oxygens (including phenoxy) is 1. The summed E-state index contributed by atoms with van der Waals surface area (Å²) in [6.07, 6.45) is 2.77. The van der Waals surface area contributed by atoms with Crippen LogP contribution in [0.2, 0.25) is 0 Å². The van der Waals surface area contributed by atoms with Crippen molar-refractivity contribution in [1.82, 2.24) is 0 Å². The molecule has 2 N–H and O–H groups in total. The zero-order chi connectivity index (χ0) is 15.9. The van der Waals surface area contributed by atoms with Crippen LogP contribution in [-0.4, -0.2) is 24.0 Å². The van der Waals surface area contributed by atoms with Crippen LogP contribution in [0.15, 0.2) is 60.8 Å². The second kappa shape index (κ2) is 7.08. The molecule has 5 heteroatoms. The third-order valence-corrected chi connectivity index (χ3v) is 3.01. The minimum Gasteiger partial charge on any atom is -0.497 e. The summed E-state index contributed by atoms with van der Waals surface area (Å²) in [7, 11) is 1.56. The van der Waals surface area contributed by atoms with E-state index in [9.17, 15) is 9.59 Å². The Bertz CT molecular complexity index is 705. The Morgan fingerprint density at radius 1 is 1.09 bits per heavy atom. The molecule has 0 spiro atoms. The summed E-state index contributed by atoms with van der Waals surface area (Å²) in [6.45, 7) is 0. The Kier molecular flexibility index (Phi) is 4.93. The van der Waals surface area contributed by atoms with Crippen molar-refractivity contribution in [3.05, 3.63) is 71.9 Å². The molecule has 0 bridgehead atoms. The first-order valence-corrected chi connectivity index (χ1v) is 6.55.